The van der Waals surface area contributed by atoms with Gasteiger partial charge in [0.1, 0.15) is 11.6 Å². The minimum absolute atomic E-state index is 0.179. The fraction of sp³-hybridized carbons (Fsp3) is 0.263. The van der Waals surface area contributed by atoms with Crippen molar-refractivity contribution in [3.8, 4) is 17.1 Å². The van der Waals surface area contributed by atoms with E-state index in [1.165, 1.54) is 0 Å². The number of hydrogen-bond acceptors (Lipinski definition) is 5. The molecule has 4 rings (SSSR count). The molecule has 1 atom stereocenters. The summed E-state index contributed by atoms with van der Waals surface area (Å²) in [6.07, 6.45) is 2.41. The van der Waals surface area contributed by atoms with E-state index in [9.17, 15) is 5.11 Å². The molecular weight excluding hydrogens is 302 g/mol. The molecule has 0 aliphatic carbocycles. The molecule has 5 nitrogen and oxygen atoms in total. The molecule has 0 radical (unpaired) electrons. The van der Waals surface area contributed by atoms with Crippen LogP contribution in [0.4, 0.5) is 5.82 Å². The summed E-state index contributed by atoms with van der Waals surface area (Å²) in [4.78, 5) is 9.26. The highest BCUT2D eigenvalue weighted by Crippen LogP contribution is 2.30. The summed E-state index contributed by atoms with van der Waals surface area (Å²) in [5.74, 6) is 1.47. The predicted molar refractivity (Wildman–Crippen MR) is 94.1 cm³/mol. The Kier molecular flexibility index (Phi) is 4.01. The summed E-state index contributed by atoms with van der Waals surface area (Å²) in [5, 5.41) is 14.5. The van der Waals surface area contributed by atoms with Gasteiger partial charge in [0.05, 0.1) is 17.2 Å². The molecule has 1 fully saturated rings. The van der Waals surface area contributed by atoms with Gasteiger partial charge in [0.2, 0.25) is 0 Å². The third-order valence-corrected chi connectivity index (χ3v) is 4.27. The smallest absolute Gasteiger partial charge is 0.165 e. The van der Waals surface area contributed by atoms with E-state index in [0.29, 0.717) is 11.4 Å². The summed E-state index contributed by atoms with van der Waals surface area (Å²) in [6, 6.07) is 15.0. The van der Waals surface area contributed by atoms with Crippen molar-refractivity contribution in [2.75, 3.05) is 18.5 Å². The van der Waals surface area contributed by atoms with Crippen molar-refractivity contribution in [1.29, 1.82) is 0 Å². The molecule has 1 aromatic heterocycles. The Hall–Kier alpha value is -2.66. The number of aromatic hydroxyl groups is 1. The lowest BCUT2D eigenvalue weighted by atomic mass is 10.1. The van der Waals surface area contributed by atoms with E-state index < -0.39 is 0 Å². The highest BCUT2D eigenvalue weighted by molar-refractivity contribution is 5.90. The maximum atomic E-state index is 10.1. The fourth-order valence-electron chi connectivity index (χ4n) is 3.01. The molecule has 0 spiro atoms. The molecule has 1 aliphatic rings. The molecule has 2 heterocycles. The van der Waals surface area contributed by atoms with E-state index in [2.05, 4.69) is 15.3 Å². The van der Waals surface area contributed by atoms with Gasteiger partial charge in [0.15, 0.2) is 5.82 Å². The van der Waals surface area contributed by atoms with Crippen LogP contribution in [0.2, 0.25) is 0 Å². The van der Waals surface area contributed by atoms with Crippen LogP contribution >= 0.6 is 0 Å². The molecule has 1 aliphatic heterocycles. The molecule has 0 amide bonds. The van der Waals surface area contributed by atoms with E-state index in [1.807, 2.05) is 36.4 Å². The summed E-state index contributed by atoms with van der Waals surface area (Å²) in [6.45, 7) is 1.56. The van der Waals surface area contributed by atoms with Crippen LogP contribution < -0.4 is 5.32 Å². The van der Waals surface area contributed by atoms with Gasteiger partial charge in [-0.05, 0) is 37.1 Å². The lowest BCUT2D eigenvalue weighted by molar-refractivity contribution is 0.120. The number of aromatic nitrogens is 2. The molecule has 1 saturated heterocycles. The number of para-hydroxylation sites is 2. The molecule has 3 aromatic rings. The van der Waals surface area contributed by atoms with E-state index >= 15 is 0 Å². The van der Waals surface area contributed by atoms with Crippen LogP contribution in [0.5, 0.6) is 5.75 Å². The second kappa shape index (κ2) is 6.45. The van der Waals surface area contributed by atoms with E-state index in [0.717, 1.165) is 42.7 Å². The first-order chi connectivity index (χ1) is 11.8. The molecule has 0 saturated carbocycles. The number of rotatable bonds is 4. The molecule has 5 heteroatoms. The third-order valence-electron chi connectivity index (χ3n) is 4.27. The van der Waals surface area contributed by atoms with Crippen LogP contribution in [0.15, 0.2) is 48.5 Å². The maximum Gasteiger partial charge on any atom is 0.165 e. The first-order valence-corrected chi connectivity index (χ1v) is 8.22. The quantitative estimate of drug-likeness (QED) is 0.768. The maximum absolute atomic E-state index is 10.1. The molecule has 0 unspecified atom stereocenters. The second-order valence-electron chi connectivity index (χ2n) is 5.95. The van der Waals surface area contributed by atoms with Gasteiger partial charge >= 0.3 is 0 Å². The fourth-order valence-corrected chi connectivity index (χ4v) is 3.01. The first kappa shape index (κ1) is 14.9. The average molecular weight is 321 g/mol. The van der Waals surface area contributed by atoms with Crippen molar-refractivity contribution < 1.29 is 9.84 Å². The summed E-state index contributed by atoms with van der Waals surface area (Å²) >= 11 is 0. The zero-order valence-corrected chi connectivity index (χ0v) is 13.3. The minimum atomic E-state index is 0.179. The SMILES string of the molecule is Oc1ccccc1-c1nc(NC[C@@H]2CCCO2)c2ccccc2n1. The predicted octanol–water partition coefficient (Wildman–Crippen LogP) is 3.59. The van der Waals surface area contributed by atoms with Crippen LogP contribution in [0.3, 0.4) is 0 Å². The Balaban J connectivity index is 1.74. The number of fused-ring (bicyclic) bond motifs is 1. The van der Waals surface area contributed by atoms with E-state index in [4.69, 9.17) is 4.74 Å². The van der Waals surface area contributed by atoms with Crippen LogP contribution in [0.1, 0.15) is 12.8 Å². The zero-order chi connectivity index (χ0) is 16.4. The lowest BCUT2D eigenvalue weighted by Gasteiger charge is -2.14. The van der Waals surface area contributed by atoms with Crippen LogP contribution in [-0.4, -0.2) is 34.3 Å². The molecule has 2 aromatic carbocycles. The monoisotopic (exact) mass is 321 g/mol. The Labute approximate surface area is 140 Å². The molecule has 0 bridgehead atoms. The van der Waals surface area contributed by atoms with Crippen LogP contribution in [0.25, 0.3) is 22.3 Å². The van der Waals surface area contributed by atoms with E-state index in [-0.39, 0.29) is 11.9 Å². The van der Waals surface area contributed by atoms with Gasteiger partial charge in [-0.25, -0.2) is 9.97 Å². The summed E-state index contributed by atoms with van der Waals surface area (Å²) in [5.41, 5.74) is 1.48. The molecular formula is C19H19N3O2. The van der Waals surface area contributed by atoms with Crippen molar-refractivity contribution in [3.63, 3.8) is 0 Å². The van der Waals surface area contributed by atoms with Crippen molar-refractivity contribution >= 4 is 16.7 Å². The number of ether oxygens (including phenoxy) is 1. The van der Waals surface area contributed by atoms with Gasteiger partial charge in [-0.1, -0.05) is 24.3 Å². The van der Waals surface area contributed by atoms with Crippen molar-refractivity contribution in [1.82, 2.24) is 9.97 Å². The average Bonchev–Trinajstić information content (AvgIpc) is 3.13. The highest BCUT2D eigenvalue weighted by atomic mass is 16.5. The minimum Gasteiger partial charge on any atom is -0.507 e. The number of anilines is 1. The van der Waals surface area contributed by atoms with Crippen molar-refractivity contribution in [3.05, 3.63) is 48.5 Å². The summed E-state index contributed by atoms with van der Waals surface area (Å²) < 4.78 is 5.67. The van der Waals surface area contributed by atoms with Crippen LogP contribution in [0, 0.1) is 0 Å². The van der Waals surface area contributed by atoms with Gasteiger partial charge in [0.25, 0.3) is 0 Å². The highest BCUT2D eigenvalue weighted by Gasteiger charge is 2.17. The largest absolute Gasteiger partial charge is 0.507 e. The number of phenolic OH excluding ortho intramolecular Hbond substituents is 1. The zero-order valence-electron chi connectivity index (χ0n) is 13.3. The van der Waals surface area contributed by atoms with Crippen molar-refractivity contribution in [2.24, 2.45) is 0 Å². The number of nitrogens with zero attached hydrogens (tertiary/aromatic N) is 2. The Morgan fingerprint density at radius 1 is 1.08 bits per heavy atom. The normalized spacial score (nSPS) is 17.2. The van der Waals surface area contributed by atoms with Gasteiger partial charge in [-0.3, -0.25) is 0 Å². The Morgan fingerprint density at radius 3 is 2.75 bits per heavy atom. The number of hydrogen-bond donors (Lipinski definition) is 2. The topological polar surface area (TPSA) is 67.3 Å². The number of phenols is 1. The third kappa shape index (κ3) is 2.90. The van der Waals surface area contributed by atoms with Gasteiger partial charge in [0, 0.05) is 18.5 Å². The van der Waals surface area contributed by atoms with Gasteiger partial charge in [-0.15, -0.1) is 0 Å². The molecule has 24 heavy (non-hydrogen) atoms. The van der Waals surface area contributed by atoms with Gasteiger partial charge in [-0.2, -0.15) is 0 Å². The Bertz CT molecular complexity index is 860. The lowest BCUT2D eigenvalue weighted by Crippen LogP contribution is -2.19. The second-order valence-corrected chi connectivity index (χ2v) is 5.95. The molecule has 2 N–H and O–H groups in total. The van der Waals surface area contributed by atoms with E-state index in [1.54, 1.807) is 12.1 Å². The Morgan fingerprint density at radius 2 is 1.92 bits per heavy atom. The van der Waals surface area contributed by atoms with Crippen LogP contribution in [-0.2, 0) is 4.74 Å². The molecule has 122 valence electrons. The number of benzene rings is 2. The van der Waals surface area contributed by atoms with Gasteiger partial charge < -0.3 is 15.2 Å². The standard InChI is InChI=1S/C19H19N3O2/c23-17-10-4-2-8-15(17)19-21-16-9-3-1-7-14(16)18(22-19)20-12-13-6-5-11-24-13/h1-4,7-10,13,23H,5-6,11-12H2,(H,20,21,22)/t13-/m0/s1. The first-order valence-electron chi connectivity index (χ1n) is 8.22. The summed E-state index contributed by atoms with van der Waals surface area (Å²) in [7, 11) is 0. The van der Waals surface area contributed by atoms with Crippen molar-refractivity contribution in [2.45, 2.75) is 18.9 Å². The number of nitrogens with one attached hydrogen (secondary N) is 1.